The van der Waals surface area contributed by atoms with Gasteiger partial charge in [0.1, 0.15) is 17.6 Å². The van der Waals surface area contributed by atoms with Crippen LogP contribution in [0.15, 0.2) is 42.5 Å². The number of hydrogen-bond acceptors (Lipinski definition) is 3. The summed E-state index contributed by atoms with van der Waals surface area (Å²) in [5, 5.41) is 8.79. The van der Waals surface area contributed by atoms with Gasteiger partial charge in [0, 0.05) is 6.07 Å². The smallest absolute Gasteiger partial charge is 0.343 e. The fourth-order valence-corrected chi connectivity index (χ4v) is 4.58. The van der Waals surface area contributed by atoms with Crippen molar-refractivity contribution in [1.82, 2.24) is 0 Å². The molecule has 0 saturated heterocycles. The Hall–Kier alpha value is -2.67. The Balaban J connectivity index is 1.54. The van der Waals surface area contributed by atoms with Crippen molar-refractivity contribution in [3.63, 3.8) is 0 Å². The highest BCUT2D eigenvalue weighted by atomic mass is 19.1. The maximum absolute atomic E-state index is 13.7. The Morgan fingerprint density at radius 2 is 1.84 bits per heavy atom. The average Bonchev–Trinajstić information content (AvgIpc) is 2.78. The van der Waals surface area contributed by atoms with Crippen LogP contribution < -0.4 is 4.74 Å². The highest BCUT2D eigenvalue weighted by Gasteiger charge is 2.31. The number of nitrogens with zero attached hydrogens (tertiary/aromatic N) is 1. The molecule has 0 aliphatic heterocycles. The first kappa shape index (κ1) is 23.0. The molecule has 0 amide bonds. The summed E-state index contributed by atoms with van der Waals surface area (Å²) >= 11 is 0. The number of benzene rings is 2. The number of nitriles is 1. The van der Waals surface area contributed by atoms with Crippen molar-refractivity contribution in [1.29, 1.82) is 5.26 Å². The number of ether oxygens (including phenoxy) is 1. The number of esters is 1. The molecule has 2 aromatic carbocycles. The molecule has 31 heavy (non-hydrogen) atoms. The molecule has 0 atom stereocenters. The lowest BCUT2D eigenvalue weighted by Gasteiger charge is -2.38. The second kappa shape index (κ2) is 10.6. The Bertz CT molecular complexity index is 921. The van der Waals surface area contributed by atoms with Gasteiger partial charge in [0.15, 0.2) is 0 Å². The summed E-state index contributed by atoms with van der Waals surface area (Å²) in [6, 6.07) is 13.2. The summed E-state index contributed by atoms with van der Waals surface area (Å²) < 4.78 is 19.0. The summed E-state index contributed by atoms with van der Waals surface area (Å²) in [7, 11) is 0. The Morgan fingerprint density at radius 1 is 1.13 bits per heavy atom. The molecular weight excluding hydrogens is 389 g/mol. The number of hydrogen-bond donors (Lipinski definition) is 0. The normalized spacial score (nSPS) is 20.8. The minimum absolute atomic E-state index is 0.0753. The molecule has 1 saturated carbocycles. The zero-order valence-corrected chi connectivity index (χ0v) is 18.6. The first-order chi connectivity index (χ1) is 14.9. The topological polar surface area (TPSA) is 50.1 Å². The molecule has 164 valence electrons. The van der Waals surface area contributed by atoms with E-state index in [9.17, 15) is 9.18 Å². The van der Waals surface area contributed by atoms with Crippen molar-refractivity contribution in [3.8, 4) is 11.8 Å². The van der Waals surface area contributed by atoms with Gasteiger partial charge < -0.3 is 4.74 Å². The molecule has 0 N–H and O–H groups in total. The summed E-state index contributed by atoms with van der Waals surface area (Å²) in [5.41, 5.74) is 2.11. The van der Waals surface area contributed by atoms with Crippen LogP contribution in [0, 0.1) is 22.6 Å². The van der Waals surface area contributed by atoms with E-state index in [0.717, 1.165) is 6.07 Å². The third-order valence-electron chi connectivity index (χ3n) is 6.72. The van der Waals surface area contributed by atoms with Gasteiger partial charge in [0.2, 0.25) is 0 Å². The molecule has 0 spiro atoms. The van der Waals surface area contributed by atoms with Crippen LogP contribution in [0.5, 0.6) is 5.75 Å². The fraction of sp³-hybridized carbons (Fsp3) is 0.481. The van der Waals surface area contributed by atoms with E-state index in [1.54, 1.807) is 18.2 Å². The van der Waals surface area contributed by atoms with Crippen LogP contribution in [0.25, 0.3) is 0 Å². The largest absolute Gasteiger partial charge is 0.423 e. The van der Waals surface area contributed by atoms with E-state index >= 15 is 0 Å². The zero-order valence-electron chi connectivity index (χ0n) is 18.6. The fourth-order valence-electron chi connectivity index (χ4n) is 4.58. The van der Waals surface area contributed by atoms with Gasteiger partial charge >= 0.3 is 5.97 Å². The summed E-state index contributed by atoms with van der Waals surface area (Å²) in [4.78, 5) is 12.4. The molecule has 4 heteroatoms. The number of carbonyl (C=O) groups is 1. The van der Waals surface area contributed by atoms with Crippen LogP contribution in [-0.2, 0) is 0 Å². The van der Waals surface area contributed by atoms with Gasteiger partial charge in [-0.3, -0.25) is 0 Å². The monoisotopic (exact) mass is 421 g/mol. The van der Waals surface area contributed by atoms with E-state index in [2.05, 4.69) is 13.8 Å². The van der Waals surface area contributed by atoms with Crippen LogP contribution in [-0.4, -0.2) is 5.97 Å². The SMILES string of the molecule is CCCCCCC1(C)CCC(c2ccc(C(=O)Oc3ccc(C#N)c(F)c3)cc2)CC1. The summed E-state index contributed by atoms with van der Waals surface area (Å²) in [6.07, 6.45) is 11.6. The Morgan fingerprint density at radius 3 is 2.45 bits per heavy atom. The second-order valence-corrected chi connectivity index (χ2v) is 9.16. The third-order valence-corrected chi connectivity index (χ3v) is 6.72. The van der Waals surface area contributed by atoms with Gasteiger partial charge in [-0.2, -0.15) is 5.26 Å². The van der Waals surface area contributed by atoms with Gasteiger partial charge in [0.05, 0.1) is 11.1 Å². The maximum atomic E-state index is 13.7. The predicted molar refractivity (Wildman–Crippen MR) is 121 cm³/mol. The van der Waals surface area contributed by atoms with Gasteiger partial charge in [0.25, 0.3) is 0 Å². The molecule has 0 radical (unpaired) electrons. The number of rotatable bonds is 8. The van der Waals surface area contributed by atoms with Gasteiger partial charge in [-0.25, -0.2) is 9.18 Å². The zero-order chi connectivity index (χ0) is 22.3. The molecule has 0 heterocycles. The molecule has 0 aromatic heterocycles. The van der Waals surface area contributed by atoms with E-state index in [0.29, 0.717) is 16.9 Å². The van der Waals surface area contributed by atoms with Gasteiger partial charge in [-0.15, -0.1) is 0 Å². The lowest BCUT2D eigenvalue weighted by molar-refractivity contribution is 0.0734. The third kappa shape index (κ3) is 6.17. The first-order valence-corrected chi connectivity index (χ1v) is 11.5. The maximum Gasteiger partial charge on any atom is 0.343 e. The van der Waals surface area contributed by atoms with Crippen molar-refractivity contribution < 1.29 is 13.9 Å². The number of carbonyl (C=O) groups excluding carboxylic acids is 1. The number of unbranched alkanes of at least 4 members (excludes halogenated alkanes) is 3. The second-order valence-electron chi connectivity index (χ2n) is 9.16. The first-order valence-electron chi connectivity index (χ1n) is 11.5. The van der Waals surface area contributed by atoms with E-state index < -0.39 is 11.8 Å². The summed E-state index contributed by atoms with van der Waals surface area (Å²) in [6.45, 7) is 4.70. The highest BCUT2D eigenvalue weighted by Crippen LogP contribution is 2.45. The van der Waals surface area contributed by atoms with E-state index in [1.807, 2.05) is 12.1 Å². The molecule has 0 unspecified atom stereocenters. The lowest BCUT2D eigenvalue weighted by atomic mass is 9.68. The van der Waals surface area contributed by atoms with Crippen LogP contribution in [0.3, 0.4) is 0 Å². The predicted octanol–water partition coefficient (Wildman–Crippen LogP) is 7.55. The van der Waals surface area contributed by atoms with Crippen LogP contribution in [0.1, 0.15) is 99.0 Å². The van der Waals surface area contributed by atoms with Gasteiger partial charge in [-0.1, -0.05) is 51.7 Å². The molecule has 1 aliphatic rings. The molecule has 3 nitrogen and oxygen atoms in total. The van der Waals surface area contributed by atoms with Crippen molar-refractivity contribution >= 4 is 5.97 Å². The van der Waals surface area contributed by atoms with Crippen molar-refractivity contribution in [2.75, 3.05) is 0 Å². The van der Waals surface area contributed by atoms with Crippen molar-refractivity contribution in [2.45, 2.75) is 77.6 Å². The number of halogens is 1. The van der Waals surface area contributed by atoms with Gasteiger partial charge in [-0.05, 0) is 73.3 Å². The minimum Gasteiger partial charge on any atom is -0.423 e. The van der Waals surface area contributed by atoms with Crippen molar-refractivity contribution in [2.24, 2.45) is 5.41 Å². The highest BCUT2D eigenvalue weighted by molar-refractivity contribution is 5.91. The molecule has 2 aromatic rings. The molecular formula is C27H32FNO2. The molecule has 1 aliphatic carbocycles. The molecule has 0 bridgehead atoms. The van der Waals surface area contributed by atoms with E-state index in [-0.39, 0.29) is 11.3 Å². The van der Waals surface area contributed by atoms with Crippen LogP contribution >= 0.6 is 0 Å². The molecule has 1 fully saturated rings. The van der Waals surface area contributed by atoms with Crippen LogP contribution in [0.4, 0.5) is 4.39 Å². The minimum atomic E-state index is -0.696. The lowest BCUT2D eigenvalue weighted by Crippen LogP contribution is -2.23. The van der Waals surface area contributed by atoms with Crippen LogP contribution in [0.2, 0.25) is 0 Å². The molecule has 3 rings (SSSR count). The standard InChI is InChI=1S/C27H32FNO2/c1-3-4-5-6-15-27(2)16-13-21(14-17-27)20-7-9-22(10-8-20)26(30)31-24-12-11-23(19-29)25(28)18-24/h7-12,18,21H,3-6,13-17H2,1-2H3. The van der Waals surface area contributed by atoms with E-state index in [4.69, 9.17) is 10.00 Å². The Kier molecular flexibility index (Phi) is 7.85. The Labute approximate surface area is 185 Å². The van der Waals surface area contributed by atoms with Crippen molar-refractivity contribution in [3.05, 3.63) is 65.0 Å². The average molecular weight is 422 g/mol. The van der Waals surface area contributed by atoms with E-state index in [1.165, 1.54) is 75.5 Å². The quantitative estimate of drug-likeness (QED) is 0.251. The summed E-state index contributed by atoms with van der Waals surface area (Å²) in [5.74, 6) is -0.589.